The summed E-state index contributed by atoms with van der Waals surface area (Å²) in [6.07, 6.45) is 3.25. The number of aromatic nitrogens is 2. The molecule has 0 atom stereocenters. The van der Waals surface area contributed by atoms with Crippen molar-refractivity contribution < 1.29 is 14.7 Å². The first kappa shape index (κ1) is 12.3. The molecule has 2 heterocycles. The number of carbonyl (C=O) groups is 2. The molecule has 0 unspecified atom stereocenters. The number of aromatic carboxylic acids is 1. The summed E-state index contributed by atoms with van der Waals surface area (Å²) in [6, 6.07) is 3.05. The van der Waals surface area contributed by atoms with E-state index < -0.39 is 5.97 Å². The fourth-order valence-corrected chi connectivity index (χ4v) is 2.01. The van der Waals surface area contributed by atoms with E-state index in [2.05, 4.69) is 10.3 Å². The zero-order chi connectivity index (χ0) is 13.0. The molecule has 0 bridgehead atoms. The Bertz CT molecular complexity index is 548. The molecule has 0 fully saturated rings. The highest BCUT2D eigenvalue weighted by molar-refractivity contribution is 7.09. The lowest BCUT2D eigenvalue weighted by atomic mass is 10.4. The lowest BCUT2D eigenvalue weighted by Gasteiger charge is -2.06. The Balaban J connectivity index is 1.91. The third-order valence-electron chi connectivity index (χ3n) is 2.31. The van der Waals surface area contributed by atoms with Crippen LogP contribution in [0, 0.1) is 0 Å². The van der Waals surface area contributed by atoms with Crippen molar-refractivity contribution in [3.05, 3.63) is 40.6 Å². The van der Waals surface area contributed by atoms with Crippen molar-refractivity contribution in [2.75, 3.05) is 0 Å². The first-order valence-corrected chi connectivity index (χ1v) is 6.07. The number of thiazole rings is 1. The van der Waals surface area contributed by atoms with Crippen molar-refractivity contribution in [3.63, 3.8) is 0 Å². The van der Waals surface area contributed by atoms with Gasteiger partial charge >= 0.3 is 5.97 Å². The molecule has 0 spiro atoms. The molecular formula is C11H11N3O3S. The van der Waals surface area contributed by atoms with Crippen LogP contribution >= 0.6 is 11.3 Å². The van der Waals surface area contributed by atoms with Crippen LogP contribution in [0.4, 0.5) is 0 Å². The lowest BCUT2D eigenvalue weighted by molar-refractivity contribution is -0.121. The Labute approximate surface area is 107 Å². The molecule has 18 heavy (non-hydrogen) atoms. The quantitative estimate of drug-likeness (QED) is 0.843. The Morgan fingerprint density at radius 3 is 3.00 bits per heavy atom. The van der Waals surface area contributed by atoms with Crippen molar-refractivity contribution in [1.29, 1.82) is 0 Å². The Hall–Kier alpha value is -2.15. The SMILES string of the molecule is O=C(Cn1cccc1C(=O)O)NCc1cncs1. The minimum atomic E-state index is -1.05. The fourth-order valence-electron chi connectivity index (χ4n) is 1.47. The second-order valence-electron chi connectivity index (χ2n) is 3.57. The minimum absolute atomic E-state index is 0.00651. The summed E-state index contributed by atoms with van der Waals surface area (Å²) in [6.45, 7) is 0.403. The second-order valence-corrected chi connectivity index (χ2v) is 4.54. The number of carboxylic acid groups (broad SMARTS) is 1. The van der Waals surface area contributed by atoms with Crippen molar-refractivity contribution >= 4 is 23.2 Å². The molecule has 2 aromatic heterocycles. The largest absolute Gasteiger partial charge is 0.477 e. The summed E-state index contributed by atoms with van der Waals surface area (Å²) in [7, 11) is 0. The van der Waals surface area contributed by atoms with Gasteiger partial charge in [-0.1, -0.05) is 0 Å². The van der Waals surface area contributed by atoms with Gasteiger partial charge in [-0.15, -0.1) is 11.3 Å². The molecule has 0 aromatic carbocycles. The molecule has 0 aliphatic heterocycles. The summed E-state index contributed by atoms with van der Waals surface area (Å²) in [4.78, 5) is 27.3. The molecule has 6 nitrogen and oxygen atoms in total. The zero-order valence-electron chi connectivity index (χ0n) is 9.37. The monoisotopic (exact) mass is 265 g/mol. The topological polar surface area (TPSA) is 84.2 Å². The van der Waals surface area contributed by atoms with E-state index in [0.717, 1.165) is 4.88 Å². The smallest absolute Gasteiger partial charge is 0.352 e. The maximum Gasteiger partial charge on any atom is 0.352 e. The van der Waals surface area contributed by atoms with E-state index in [1.165, 1.54) is 22.0 Å². The number of carboxylic acids is 1. The summed E-state index contributed by atoms with van der Waals surface area (Å²) in [5.74, 6) is -1.28. The molecule has 0 saturated carbocycles. The highest BCUT2D eigenvalue weighted by atomic mass is 32.1. The molecule has 2 N–H and O–H groups in total. The van der Waals surface area contributed by atoms with Crippen LogP contribution in [0.15, 0.2) is 30.0 Å². The summed E-state index contributed by atoms with van der Waals surface area (Å²) >= 11 is 1.45. The van der Waals surface area contributed by atoms with Gasteiger partial charge in [-0.2, -0.15) is 0 Å². The minimum Gasteiger partial charge on any atom is -0.477 e. The van der Waals surface area contributed by atoms with Gasteiger partial charge < -0.3 is 15.0 Å². The molecule has 2 aromatic rings. The van der Waals surface area contributed by atoms with Gasteiger partial charge in [-0.05, 0) is 12.1 Å². The van der Waals surface area contributed by atoms with Crippen LogP contribution in [0.3, 0.4) is 0 Å². The predicted octanol–water partition coefficient (Wildman–Crippen LogP) is 0.959. The number of hydrogen-bond donors (Lipinski definition) is 2. The predicted molar refractivity (Wildman–Crippen MR) is 65.4 cm³/mol. The Morgan fingerprint density at radius 1 is 1.50 bits per heavy atom. The van der Waals surface area contributed by atoms with Gasteiger partial charge in [0.15, 0.2) is 0 Å². The summed E-state index contributed by atoms with van der Waals surface area (Å²) in [5.41, 5.74) is 1.79. The second kappa shape index (κ2) is 5.46. The van der Waals surface area contributed by atoms with Crippen molar-refractivity contribution in [3.8, 4) is 0 Å². The van der Waals surface area contributed by atoms with Crippen LogP contribution < -0.4 is 5.32 Å². The number of nitrogens with zero attached hydrogens (tertiary/aromatic N) is 2. The Kier molecular flexibility index (Phi) is 3.73. The van der Waals surface area contributed by atoms with Gasteiger partial charge in [0.05, 0.1) is 12.1 Å². The number of hydrogen-bond acceptors (Lipinski definition) is 4. The van der Waals surface area contributed by atoms with E-state index in [-0.39, 0.29) is 18.1 Å². The van der Waals surface area contributed by atoms with Crippen molar-refractivity contribution in [1.82, 2.24) is 14.9 Å². The molecule has 0 saturated heterocycles. The molecule has 0 aliphatic rings. The normalized spacial score (nSPS) is 10.2. The maximum absolute atomic E-state index is 11.6. The third kappa shape index (κ3) is 2.95. The van der Waals surface area contributed by atoms with E-state index in [1.54, 1.807) is 24.0 Å². The van der Waals surface area contributed by atoms with Gasteiger partial charge in [-0.25, -0.2) is 4.79 Å². The molecule has 94 valence electrons. The van der Waals surface area contributed by atoms with E-state index in [4.69, 9.17) is 5.11 Å². The average molecular weight is 265 g/mol. The summed E-state index contributed by atoms with van der Waals surface area (Å²) < 4.78 is 1.39. The first-order valence-electron chi connectivity index (χ1n) is 5.19. The number of carbonyl (C=O) groups excluding carboxylic acids is 1. The summed E-state index contributed by atoms with van der Waals surface area (Å²) in [5, 5.41) is 11.6. The van der Waals surface area contributed by atoms with Gasteiger partial charge in [0.2, 0.25) is 5.91 Å². The van der Waals surface area contributed by atoms with E-state index in [1.807, 2.05) is 0 Å². The van der Waals surface area contributed by atoms with Crippen LogP contribution in [-0.2, 0) is 17.9 Å². The van der Waals surface area contributed by atoms with Crippen molar-refractivity contribution in [2.45, 2.75) is 13.1 Å². The molecule has 0 radical (unpaired) electrons. The maximum atomic E-state index is 11.6. The van der Waals surface area contributed by atoms with Crippen LogP contribution in [0.25, 0.3) is 0 Å². The average Bonchev–Trinajstić information content (AvgIpc) is 2.96. The van der Waals surface area contributed by atoms with Gasteiger partial charge in [-0.3, -0.25) is 9.78 Å². The lowest BCUT2D eigenvalue weighted by Crippen LogP contribution is -2.27. The molecule has 2 rings (SSSR count). The van der Waals surface area contributed by atoms with Crippen LogP contribution in [0.5, 0.6) is 0 Å². The fraction of sp³-hybridized carbons (Fsp3) is 0.182. The van der Waals surface area contributed by atoms with Gasteiger partial charge in [0.25, 0.3) is 0 Å². The van der Waals surface area contributed by atoms with Crippen LogP contribution in [-0.4, -0.2) is 26.5 Å². The highest BCUT2D eigenvalue weighted by Gasteiger charge is 2.11. The molecule has 1 amide bonds. The van der Waals surface area contributed by atoms with Gasteiger partial charge in [0.1, 0.15) is 12.2 Å². The van der Waals surface area contributed by atoms with Crippen LogP contribution in [0.1, 0.15) is 15.4 Å². The standard InChI is InChI=1S/C11H11N3O3S/c15-10(13-5-8-4-12-7-18-8)6-14-3-1-2-9(14)11(16)17/h1-4,7H,5-6H2,(H,13,15)(H,16,17). The molecule has 7 heteroatoms. The number of amides is 1. The Morgan fingerprint density at radius 2 is 2.33 bits per heavy atom. The number of nitrogens with one attached hydrogen (secondary N) is 1. The van der Waals surface area contributed by atoms with E-state index >= 15 is 0 Å². The zero-order valence-corrected chi connectivity index (χ0v) is 10.2. The number of rotatable bonds is 5. The van der Waals surface area contributed by atoms with E-state index in [0.29, 0.717) is 6.54 Å². The van der Waals surface area contributed by atoms with Gasteiger partial charge in [0, 0.05) is 17.3 Å². The highest BCUT2D eigenvalue weighted by Crippen LogP contribution is 2.05. The first-order chi connectivity index (χ1) is 8.66. The van der Waals surface area contributed by atoms with E-state index in [9.17, 15) is 9.59 Å². The molecular weight excluding hydrogens is 254 g/mol. The third-order valence-corrected chi connectivity index (χ3v) is 3.09. The van der Waals surface area contributed by atoms with Crippen LogP contribution in [0.2, 0.25) is 0 Å². The molecule has 0 aliphatic carbocycles. The van der Waals surface area contributed by atoms with Crippen molar-refractivity contribution in [2.24, 2.45) is 0 Å².